The zero-order valence-electron chi connectivity index (χ0n) is 26.9. The van der Waals surface area contributed by atoms with Crippen LogP contribution in [0.4, 0.5) is 5.69 Å². The summed E-state index contributed by atoms with van der Waals surface area (Å²) in [7, 11) is -4.18. The van der Waals surface area contributed by atoms with Crippen LogP contribution in [0.15, 0.2) is 108 Å². The summed E-state index contributed by atoms with van der Waals surface area (Å²) in [5, 5.41) is 3.69. The summed E-state index contributed by atoms with van der Waals surface area (Å²) in [6, 6.07) is 29.4. The van der Waals surface area contributed by atoms with Crippen LogP contribution in [0.3, 0.4) is 0 Å². The number of amides is 2. The molecule has 0 aromatic heterocycles. The quantitative estimate of drug-likeness (QED) is 0.172. The molecule has 0 saturated heterocycles. The third kappa shape index (κ3) is 8.82. The summed E-state index contributed by atoms with van der Waals surface area (Å²) in [4.78, 5) is 30.5. The summed E-state index contributed by atoms with van der Waals surface area (Å²) in [5.74, 6) is -0.722. The van der Waals surface area contributed by atoms with Gasteiger partial charge in [-0.15, -0.1) is 0 Å². The van der Waals surface area contributed by atoms with Gasteiger partial charge in [-0.3, -0.25) is 13.9 Å². The first-order valence-electron chi connectivity index (χ1n) is 16.1. The normalized spacial score (nSPS) is 14.3. The number of hydrogen-bond donors (Lipinski definition) is 1. The molecule has 1 atom stereocenters. The molecular weight excluding hydrogens is 630 g/mol. The molecule has 1 fully saturated rings. The maximum absolute atomic E-state index is 14.7. The van der Waals surface area contributed by atoms with Gasteiger partial charge in [0.05, 0.1) is 10.6 Å². The SMILES string of the molecule is Cc1ccc(S(=O)(=O)N(CC(=O)N(Cc2ccccc2C)C(Cc2ccccc2)C(=O)NC2CCCCC2)c2ccc(Cl)cc2)cc1. The second kappa shape index (κ2) is 15.6. The van der Waals surface area contributed by atoms with Crippen LogP contribution in [0.2, 0.25) is 5.02 Å². The lowest BCUT2D eigenvalue weighted by Crippen LogP contribution is -2.55. The summed E-state index contributed by atoms with van der Waals surface area (Å²) in [6.07, 6.45) is 5.32. The molecule has 5 rings (SSSR count). The predicted molar refractivity (Wildman–Crippen MR) is 188 cm³/mol. The zero-order valence-corrected chi connectivity index (χ0v) is 28.5. The maximum Gasteiger partial charge on any atom is 0.264 e. The van der Waals surface area contributed by atoms with Crippen LogP contribution in [-0.4, -0.2) is 43.8 Å². The lowest BCUT2D eigenvalue weighted by atomic mass is 9.94. The molecule has 1 unspecified atom stereocenters. The number of nitrogens with zero attached hydrogens (tertiary/aromatic N) is 2. The number of carbonyl (C=O) groups excluding carboxylic acids is 2. The number of aryl methyl sites for hydroxylation is 2. The van der Waals surface area contributed by atoms with Crippen molar-refractivity contribution in [2.45, 2.75) is 75.9 Å². The molecule has 1 N–H and O–H groups in total. The Bertz CT molecular complexity index is 1760. The first kappa shape index (κ1) is 34.2. The van der Waals surface area contributed by atoms with Crippen molar-refractivity contribution in [2.24, 2.45) is 0 Å². The van der Waals surface area contributed by atoms with E-state index in [-0.39, 0.29) is 29.8 Å². The standard InChI is InChI=1S/C38H42ClN3O4S/c1-28-17-23-35(24-18-28)47(45,46)42(34-21-19-32(39)20-22-34)27-37(43)41(26-31-14-10-9-11-29(31)2)36(25-30-12-5-3-6-13-30)38(44)40-33-15-7-4-8-16-33/h3,5-6,9-14,17-24,33,36H,4,7-8,15-16,25-27H2,1-2H3,(H,40,44). The second-order valence-electron chi connectivity index (χ2n) is 12.3. The Kier molecular flexibility index (Phi) is 11.4. The molecule has 4 aromatic rings. The highest BCUT2D eigenvalue weighted by Crippen LogP contribution is 2.27. The monoisotopic (exact) mass is 671 g/mol. The average Bonchev–Trinajstić information content (AvgIpc) is 3.07. The highest BCUT2D eigenvalue weighted by molar-refractivity contribution is 7.92. The number of hydrogen-bond acceptors (Lipinski definition) is 4. The van der Waals surface area contributed by atoms with E-state index in [9.17, 15) is 18.0 Å². The van der Waals surface area contributed by atoms with E-state index in [2.05, 4.69) is 5.32 Å². The summed E-state index contributed by atoms with van der Waals surface area (Å²) in [6.45, 7) is 3.48. The molecule has 246 valence electrons. The van der Waals surface area contributed by atoms with Gasteiger partial charge in [-0.05, 0) is 79.8 Å². The molecule has 2 amide bonds. The van der Waals surface area contributed by atoms with Gasteiger partial charge in [0.15, 0.2) is 0 Å². The highest BCUT2D eigenvalue weighted by Gasteiger charge is 2.35. The molecule has 4 aromatic carbocycles. The van der Waals surface area contributed by atoms with E-state index in [1.165, 1.54) is 0 Å². The Hall–Kier alpha value is -4.14. The molecule has 7 nitrogen and oxygen atoms in total. The molecule has 0 radical (unpaired) electrons. The Labute approximate surface area is 283 Å². The lowest BCUT2D eigenvalue weighted by Gasteiger charge is -2.35. The van der Waals surface area contributed by atoms with Gasteiger partial charge in [-0.2, -0.15) is 0 Å². The van der Waals surface area contributed by atoms with E-state index < -0.39 is 28.5 Å². The maximum atomic E-state index is 14.7. The Balaban J connectivity index is 1.56. The number of nitrogens with one attached hydrogen (secondary N) is 1. The van der Waals surface area contributed by atoms with E-state index in [1.807, 2.05) is 68.4 Å². The topological polar surface area (TPSA) is 86.8 Å². The van der Waals surface area contributed by atoms with E-state index >= 15 is 0 Å². The van der Waals surface area contributed by atoms with Gasteiger partial charge in [-0.25, -0.2) is 8.42 Å². The molecule has 9 heteroatoms. The van der Waals surface area contributed by atoms with Crippen LogP contribution >= 0.6 is 11.6 Å². The summed E-state index contributed by atoms with van der Waals surface area (Å²) >= 11 is 6.17. The van der Waals surface area contributed by atoms with Crippen molar-refractivity contribution in [2.75, 3.05) is 10.8 Å². The van der Waals surface area contributed by atoms with Gasteiger partial charge in [0.25, 0.3) is 10.0 Å². The van der Waals surface area contributed by atoms with Crippen LogP contribution in [0, 0.1) is 13.8 Å². The van der Waals surface area contributed by atoms with Gasteiger partial charge in [0.1, 0.15) is 12.6 Å². The molecule has 47 heavy (non-hydrogen) atoms. The van der Waals surface area contributed by atoms with E-state index in [0.717, 1.165) is 58.7 Å². The van der Waals surface area contributed by atoms with Crippen molar-refractivity contribution in [3.63, 3.8) is 0 Å². The molecular formula is C38H42ClN3O4S. The molecule has 0 heterocycles. The third-order valence-corrected chi connectivity index (χ3v) is 10.9. The summed E-state index contributed by atoms with van der Waals surface area (Å²) in [5.41, 5.74) is 3.96. The molecule has 0 spiro atoms. The fourth-order valence-electron chi connectivity index (χ4n) is 6.04. The number of sulfonamides is 1. The van der Waals surface area contributed by atoms with Crippen LogP contribution in [-0.2, 0) is 32.6 Å². The molecule has 1 aliphatic carbocycles. The second-order valence-corrected chi connectivity index (χ2v) is 14.6. The Morgan fingerprint density at radius 1 is 0.830 bits per heavy atom. The number of carbonyl (C=O) groups is 2. The molecule has 0 aliphatic heterocycles. The van der Waals surface area contributed by atoms with Crippen LogP contribution in [0.5, 0.6) is 0 Å². The van der Waals surface area contributed by atoms with Crippen molar-refractivity contribution in [1.82, 2.24) is 10.2 Å². The van der Waals surface area contributed by atoms with E-state index in [0.29, 0.717) is 10.7 Å². The van der Waals surface area contributed by atoms with Crippen molar-refractivity contribution < 1.29 is 18.0 Å². The fourth-order valence-corrected chi connectivity index (χ4v) is 7.58. The third-order valence-electron chi connectivity index (χ3n) is 8.83. The molecule has 1 saturated carbocycles. The predicted octanol–water partition coefficient (Wildman–Crippen LogP) is 7.24. The van der Waals surface area contributed by atoms with Crippen LogP contribution in [0.1, 0.15) is 54.4 Å². The van der Waals surface area contributed by atoms with E-state index in [4.69, 9.17) is 11.6 Å². The fraction of sp³-hybridized carbons (Fsp3) is 0.316. The number of rotatable bonds is 12. The first-order valence-corrected chi connectivity index (χ1v) is 18.0. The Morgan fingerprint density at radius 2 is 1.47 bits per heavy atom. The first-order chi connectivity index (χ1) is 22.6. The molecule has 1 aliphatic rings. The zero-order chi connectivity index (χ0) is 33.4. The van der Waals surface area contributed by atoms with Gasteiger partial charge < -0.3 is 10.2 Å². The number of benzene rings is 4. The van der Waals surface area contributed by atoms with Crippen molar-refractivity contribution >= 4 is 39.1 Å². The molecule has 0 bridgehead atoms. The average molecular weight is 672 g/mol. The van der Waals surface area contributed by atoms with Crippen molar-refractivity contribution in [1.29, 1.82) is 0 Å². The van der Waals surface area contributed by atoms with E-state index in [1.54, 1.807) is 53.4 Å². The van der Waals surface area contributed by atoms with Gasteiger partial charge in [0, 0.05) is 24.0 Å². The van der Waals surface area contributed by atoms with Crippen molar-refractivity contribution in [3.8, 4) is 0 Å². The minimum Gasteiger partial charge on any atom is -0.352 e. The van der Waals surface area contributed by atoms with Gasteiger partial charge >= 0.3 is 0 Å². The van der Waals surface area contributed by atoms with Crippen molar-refractivity contribution in [3.05, 3.63) is 130 Å². The smallest absolute Gasteiger partial charge is 0.264 e. The number of halogens is 1. The van der Waals surface area contributed by atoms with Crippen LogP contribution < -0.4 is 9.62 Å². The van der Waals surface area contributed by atoms with Gasteiger partial charge in [-0.1, -0.05) is 103 Å². The lowest BCUT2D eigenvalue weighted by molar-refractivity contribution is -0.140. The largest absolute Gasteiger partial charge is 0.352 e. The van der Waals surface area contributed by atoms with Crippen LogP contribution in [0.25, 0.3) is 0 Å². The Morgan fingerprint density at radius 3 is 2.13 bits per heavy atom. The minimum atomic E-state index is -4.18. The number of anilines is 1. The van der Waals surface area contributed by atoms with Gasteiger partial charge in [0.2, 0.25) is 11.8 Å². The minimum absolute atomic E-state index is 0.0393. The summed E-state index contributed by atoms with van der Waals surface area (Å²) < 4.78 is 29.5. The highest BCUT2D eigenvalue weighted by atomic mass is 35.5.